The predicted octanol–water partition coefficient (Wildman–Crippen LogP) is 3.43. The fourth-order valence-corrected chi connectivity index (χ4v) is 2.17. The average Bonchev–Trinajstić information content (AvgIpc) is 2.79. The van der Waals surface area contributed by atoms with Crippen molar-refractivity contribution in [3.8, 4) is 16.8 Å². The highest BCUT2D eigenvalue weighted by Crippen LogP contribution is 2.21. The van der Waals surface area contributed by atoms with Crippen molar-refractivity contribution in [2.45, 2.75) is 6.92 Å². The molecule has 0 atom stereocenters. The van der Waals surface area contributed by atoms with Crippen molar-refractivity contribution in [1.82, 2.24) is 9.55 Å². The maximum Gasteiger partial charge on any atom is 0.205 e. The van der Waals surface area contributed by atoms with Gasteiger partial charge in [0.1, 0.15) is 0 Å². The van der Waals surface area contributed by atoms with Crippen LogP contribution in [0.5, 0.6) is 0 Å². The first-order chi connectivity index (χ1) is 9.24. The van der Waals surface area contributed by atoms with Crippen LogP contribution in [0.3, 0.4) is 0 Å². The molecule has 0 radical (unpaired) electrons. The number of imidazole rings is 1. The van der Waals surface area contributed by atoms with Gasteiger partial charge in [-0.1, -0.05) is 42.5 Å². The number of nitrogens with two attached hydrogens (primary N) is 1. The van der Waals surface area contributed by atoms with Crippen molar-refractivity contribution in [1.29, 1.82) is 0 Å². The molecule has 0 aliphatic heterocycles. The Kier molecular flexibility index (Phi) is 2.80. The van der Waals surface area contributed by atoms with Gasteiger partial charge in [0.15, 0.2) is 0 Å². The summed E-state index contributed by atoms with van der Waals surface area (Å²) in [5.41, 5.74) is 10.2. The standard InChI is InChI=1S/C16H15N3/c1-12-11-19(16(17)18-12)15-9-7-14(8-10-15)13-5-3-2-4-6-13/h2-11H,1H3,(H2,17,18). The molecule has 3 nitrogen and oxygen atoms in total. The lowest BCUT2D eigenvalue weighted by atomic mass is 10.1. The Labute approximate surface area is 112 Å². The molecule has 0 spiro atoms. The summed E-state index contributed by atoms with van der Waals surface area (Å²) in [6.07, 6.45) is 1.94. The molecule has 0 fully saturated rings. The molecule has 94 valence electrons. The van der Waals surface area contributed by atoms with Gasteiger partial charge in [0.2, 0.25) is 5.95 Å². The van der Waals surface area contributed by atoms with Gasteiger partial charge < -0.3 is 5.73 Å². The third-order valence-corrected chi connectivity index (χ3v) is 3.11. The van der Waals surface area contributed by atoms with E-state index >= 15 is 0 Å². The Morgan fingerprint density at radius 3 is 2.11 bits per heavy atom. The molecule has 0 saturated heterocycles. The van der Waals surface area contributed by atoms with Crippen molar-refractivity contribution in [2.75, 3.05) is 5.73 Å². The summed E-state index contributed by atoms with van der Waals surface area (Å²) in [6.45, 7) is 1.94. The summed E-state index contributed by atoms with van der Waals surface area (Å²) >= 11 is 0. The van der Waals surface area contributed by atoms with E-state index in [1.54, 1.807) is 0 Å². The maximum absolute atomic E-state index is 5.87. The quantitative estimate of drug-likeness (QED) is 0.756. The Morgan fingerprint density at radius 2 is 1.53 bits per heavy atom. The minimum Gasteiger partial charge on any atom is -0.369 e. The molecule has 0 unspecified atom stereocenters. The highest BCUT2D eigenvalue weighted by molar-refractivity contribution is 5.64. The van der Waals surface area contributed by atoms with E-state index in [1.807, 2.05) is 35.9 Å². The molecule has 0 aliphatic rings. The second-order valence-corrected chi connectivity index (χ2v) is 4.52. The fraction of sp³-hybridized carbons (Fsp3) is 0.0625. The lowest BCUT2D eigenvalue weighted by Crippen LogP contribution is -1.99. The maximum atomic E-state index is 5.87. The molecule has 3 rings (SSSR count). The van der Waals surface area contributed by atoms with E-state index in [9.17, 15) is 0 Å². The lowest BCUT2D eigenvalue weighted by molar-refractivity contribution is 1.07. The normalized spacial score (nSPS) is 10.6. The van der Waals surface area contributed by atoms with Gasteiger partial charge in [-0.05, 0) is 30.2 Å². The molecular weight excluding hydrogens is 234 g/mol. The molecule has 1 aromatic heterocycles. The lowest BCUT2D eigenvalue weighted by Gasteiger charge is -2.06. The molecule has 2 N–H and O–H groups in total. The van der Waals surface area contributed by atoms with E-state index in [1.165, 1.54) is 11.1 Å². The molecule has 19 heavy (non-hydrogen) atoms. The topological polar surface area (TPSA) is 43.8 Å². The number of anilines is 1. The monoisotopic (exact) mass is 249 g/mol. The number of aromatic nitrogens is 2. The van der Waals surface area contributed by atoms with E-state index < -0.39 is 0 Å². The summed E-state index contributed by atoms with van der Waals surface area (Å²) in [7, 11) is 0. The Bertz CT molecular complexity index is 682. The minimum atomic E-state index is 0.518. The van der Waals surface area contributed by atoms with Crippen LogP contribution in [0.15, 0.2) is 60.8 Å². The molecule has 3 heteroatoms. The SMILES string of the molecule is Cc1cn(-c2ccc(-c3ccccc3)cc2)c(N)n1. The molecule has 0 amide bonds. The third kappa shape index (κ3) is 2.22. The van der Waals surface area contributed by atoms with Crippen LogP contribution in [-0.4, -0.2) is 9.55 Å². The van der Waals surface area contributed by atoms with Gasteiger partial charge in [0.05, 0.1) is 5.69 Å². The number of hydrogen-bond donors (Lipinski definition) is 1. The van der Waals surface area contributed by atoms with Gasteiger partial charge in [-0.3, -0.25) is 4.57 Å². The van der Waals surface area contributed by atoms with E-state index in [4.69, 9.17) is 5.73 Å². The zero-order valence-corrected chi connectivity index (χ0v) is 10.7. The van der Waals surface area contributed by atoms with Gasteiger partial charge >= 0.3 is 0 Å². The van der Waals surface area contributed by atoms with Gasteiger partial charge in [0.25, 0.3) is 0 Å². The van der Waals surface area contributed by atoms with Gasteiger partial charge in [-0.15, -0.1) is 0 Å². The summed E-state index contributed by atoms with van der Waals surface area (Å²) < 4.78 is 1.89. The highest BCUT2D eigenvalue weighted by Gasteiger charge is 2.04. The van der Waals surface area contributed by atoms with Crippen LogP contribution in [0.4, 0.5) is 5.95 Å². The minimum absolute atomic E-state index is 0.518. The zero-order valence-electron chi connectivity index (χ0n) is 10.7. The van der Waals surface area contributed by atoms with Gasteiger partial charge in [-0.2, -0.15) is 0 Å². The number of rotatable bonds is 2. The van der Waals surface area contributed by atoms with Crippen molar-refractivity contribution in [2.24, 2.45) is 0 Å². The first-order valence-electron chi connectivity index (χ1n) is 6.21. The van der Waals surface area contributed by atoms with Crippen molar-refractivity contribution in [3.63, 3.8) is 0 Å². The second-order valence-electron chi connectivity index (χ2n) is 4.52. The van der Waals surface area contributed by atoms with E-state index in [2.05, 4.69) is 41.4 Å². The molecule has 1 heterocycles. The van der Waals surface area contributed by atoms with Crippen LogP contribution >= 0.6 is 0 Å². The van der Waals surface area contributed by atoms with E-state index in [0.29, 0.717) is 5.95 Å². The van der Waals surface area contributed by atoms with Crippen LogP contribution < -0.4 is 5.73 Å². The molecular formula is C16H15N3. The van der Waals surface area contributed by atoms with Gasteiger partial charge in [-0.25, -0.2) is 4.98 Å². The number of benzene rings is 2. The summed E-state index contributed by atoms with van der Waals surface area (Å²) in [5, 5.41) is 0. The molecule has 2 aromatic carbocycles. The van der Waals surface area contributed by atoms with Crippen LogP contribution in [0.25, 0.3) is 16.8 Å². The number of aryl methyl sites for hydroxylation is 1. The van der Waals surface area contributed by atoms with Crippen LogP contribution in [0.1, 0.15) is 5.69 Å². The van der Waals surface area contributed by atoms with Crippen LogP contribution in [0.2, 0.25) is 0 Å². The van der Waals surface area contributed by atoms with Crippen molar-refractivity contribution < 1.29 is 0 Å². The first kappa shape index (κ1) is 11.5. The number of nitrogen functional groups attached to an aromatic ring is 1. The second kappa shape index (κ2) is 4.61. The number of hydrogen-bond acceptors (Lipinski definition) is 2. The molecule has 0 saturated carbocycles. The average molecular weight is 249 g/mol. The highest BCUT2D eigenvalue weighted by atomic mass is 15.1. The summed E-state index contributed by atoms with van der Waals surface area (Å²) in [5.74, 6) is 0.518. The third-order valence-electron chi connectivity index (χ3n) is 3.11. The van der Waals surface area contributed by atoms with Crippen molar-refractivity contribution >= 4 is 5.95 Å². The zero-order chi connectivity index (χ0) is 13.2. The van der Waals surface area contributed by atoms with Gasteiger partial charge in [0, 0.05) is 11.9 Å². The smallest absolute Gasteiger partial charge is 0.205 e. The summed E-state index contributed by atoms with van der Waals surface area (Å²) in [4.78, 5) is 4.21. The van der Waals surface area contributed by atoms with Crippen molar-refractivity contribution in [3.05, 3.63) is 66.5 Å². The Balaban J connectivity index is 1.98. The van der Waals surface area contributed by atoms with E-state index in [-0.39, 0.29) is 0 Å². The summed E-state index contributed by atoms with van der Waals surface area (Å²) in [6, 6.07) is 18.6. The van der Waals surface area contributed by atoms with Crippen LogP contribution in [-0.2, 0) is 0 Å². The van der Waals surface area contributed by atoms with E-state index in [0.717, 1.165) is 11.4 Å². The predicted molar refractivity (Wildman–Crippen MR) is 78.1 cm³/mol. The first-order valence-corrected chi connectivity index (χ1v) is 6.21. The molecule has 0 bridgehead atoms. The number of nitrogens with zero attached hydrogens (tertiary/aromatic N) is 2. The molecule has 3 aromatic rings. The Hall–Kier alpha value is -2.55. The Morgan fingerprint density at radius 1 is 0.895 bits per heavy atom. The molecule has 0 aliphatic carbocycles. The fourth-order valence-electron chi connectivity index (χ4n) is 2.17. The van der Waals surface area contributed by atoms with Crippen LogP contribution in [0, 0.1) is 6.92 Å². The largest absolute Gasteiger partial charge is 0.369 e.